The predicted molar refractivity (Wildman–Crippen MR) is 316 cm³/mol. The highest BCUT2D eigenvalue weighted by Crippen LogP contribution is 2.50. The molecule has 0 bridgehead atoms. The Morgan fingerprint density at radius 3 is 1.07 bits per heavy atom. The minimum atomic E-state index is -5.41. The van der Waals surface area contributed by atoms with Crippen LogP contribution in [0.25, 0.3) is 111 Å². The van der Waals surface area contributed by atoms with Crippen LogP contribution in [-0.2, 0) is 37.1 Å². The summed E-state index contributed by atoms with van der Waals surface area (Å²) in [5.74, 6) is 0. The second kappa shape index (κ2) is 21.6. The van der Waals surface area contributed by atoms with Crippen molar-refractivity contribution in [2.24, 2.45) is 0 Å². The Morgan fingerprint density at radius 1 is 0.304 bits per heavy atom. The van der Waals surface area contributed by atoms with E-state index in [0.717, 1.165) is 60.7 Å². The quantitative estimate of drug-likeness (QED) is 0.146. The number of benzene rings is 10. The SMILES string of the molecule is Cc1ccc(-c2ccc3c4ccc(-c5ccc(C(F)(F)F)cc5C(F)(F)F)cc4n(-c4cc(-c5c(C)cccc5C(F)(F)F)c(-n5c6cc(-c7ccc(C(F)(F)F)cc7C)ccc6c6ccc(-c7ccc(C)cc7C(F)(F)F)cc65)cc4C#N)c3c2)c(C(F)(F)F)c1. The van der Waals surface area contributed by atoms with E-state index in [4.69, 9.17) is 0 Å². The standard InChI is InChI=1S/C71H41F18N3/c1-35-8-16-47(56(24-35)69(81,82)83)40-11-19-50-51-20-13-42(49-23-15-45(67(75,76)77)32-58(49)71(87,88)89)29-61(51)91(60(50)28-40)59-33-54(65-37(3)6-5-7-55(65)68(78,79)80)64(31-43(59)34-90)92-62-27-39(46-22-14-44(26-38(46)4)66(72,73)74)10-18-52(62)53-21-12-41(30-63(53)92)48-17-9-36(2)25-57(48)70(84,85)86/h5-33H,1-4H3. The van der Waals surface area contributed by atoms with E-state index in [-0.39, 0.29) is 122 Å². The summed E-state index contributed by atoms with van der Waals surface area (Å²) in [6, 6.07) is 35.0. The van der Waals surface area contributed by atoms with Crippen LogP contribution in [0, 0.1) is 39.0 Å². The highest BCUT2D eigenvalue weighted by Gasteiger charge is 2.41. The molecule has 2 heterocycles. The number of hydrogen-bond donors (Lipinski definition) is 0. The van der Waals surface area contributed by atoms with E-state index in [9.17, 15) is 57.9 Å². The Morgan fingerprint density at radius 2 is 0.674 bits per heavy atom. The van der Waals surface area contributed by atoms with Gasteiger partial charge in [-0.25, -0.2) is 0 Å². The van der Waals surface area contributed by atoms with Gasteiger partial charge in [-0.1, -0.05) is 108 Å². The Labute approximate surface area is 510 Å². The van der Waals surface area contributed by atoms with Crippen LogP contribution < -0.4 is 0 Å². The normalized spacial score (nSPS) is 12.9. The fourth-order valence-corrected chi connectivity index (χ4v) is 12.4. The van der Waals surface area contributed by atoms with E-state index >= 15 is 26.3 Å². The van der Waals surface area contributed by atoms with Crippen molar-refractivity contribution in [1.29, 1.82) is 5.26 Å². The van der Waals surface area contributed by atoms with Gasteiger partial charge in [0.15, 0.2) is 0 Å². The third kappa shape index (κ3) is 10.9. The van der Waals surface area contributed by atoms with Crippen molar-refractivity contribution in [2.75, 3.05) is 0 Å². The second-order valence-corrected chi connectivity index (χ2v) is 22.5. The molecule has 0 amide bonds. The van der Waals surface area contributed by atoms with E-state index in [1.165, 1.54) is 122 Å². The lowest BCUT2D eigenvalue weighted by molar-refractivity contribution is -0.143. The molecule has 0 unspecified atom stereocenters. The summed E-state index contributed by atoms with van der Waals surface area (Å²) in [7, 11) is 0. The van der Waals surface area contributed by atoms with Gasteiger partial charge in [-0.05, 0) is 168 Å². The molecule has 0 atom stereocenters. The van der Waals surface area contributed by atoms with Gasteiger partial charge in [-0.2, -0.15) is 84.3 Å². The molecule has 10 aromatic carbocycles. The smallest absolute Gasteiger partial charge is 0.309 e. The molecule has 0 aliphatic carbocycles. The van der Waals surface area contributed by atoms with Gasteiger partial charge >= 0.3 is 37.1 Å². The van der Waals surface area contributed by atoms with Crippen molar-refractivity contribution >= 4 is 43.6 Å². The monoisotopic (exact) mass is 1280 g/mol. The zero-order chi connectivity index (χ0) is 66.3. The number of nitrogens with zero attached hydrogens (tertiary/aromatic N) is 3. The Balaban J connectivity index is 1.25. The molecule has 0 saturated heterocycles. The van der Waals surface area contributed by atoms with Crippen LogP contribution in [0.4, 0.5) is 79.0 Å². The summed E-state index contributed by atoms with van der Waals surface area (Å²) in [4.78, 5) is 0. The van der Waals surface area contributed by atoms with Gasteiger partial charge in [0.2, 0.25) is 0 Å². The lowest BCUT2D eigenvalue weighted by atomic mass is 9.91. The van der Waals surface area contributed by atoms with Crippen LogP contribution >= 0.6 is 0 Å². The number of fused-ring (bicyclic) bond motifs is 6. The molecule has 0 radical (unpaired) electrons. The molecular formula is C71H41F18N3. The second-order valence-electron chi connectivity index (χ2n) is 22.5. The maximum Gasteiger partial charge on any atom is 0.417 e. The number of rotatable bonds is 7. The fraction of sp³-hybridized carbons (Fsp3) is 0.141. The lowest BCUT2D eigenvalue weighted by Gasteiger charge is -2.23. The summed E-state index contributed by atoms with van der Waals surface area (Å²) in [6.45, 7) is 5.62. The molecule has 0 spiro atoms. The number of halogens is 18. The summed E-state index contributed by atoms with van der Waals surface area (Å²) in [6.07, 6.45) is -30.5. The number of nitriles is 1. The number of aromatic nitrogens is 2. The fourth-order valence-electron chi connectivity index (χ4n) is 12.4. The molecule has 0 N–H and O–H groups in total. The van der Waals surface area contributed by atoms with E-state index in [2.05, 4.69) is 6.07 Å². The zero-order valence-corrected chi connectivity index (χ0v) is 47.9. The first kappa shape index (κ1) is 62.2. The molecule has 0 saturated carbocycles. The van der Waals surface area contributed by atoms with Crippen LogP contribution in [0.15, 0.2) is 176 Å². The van der Waals surface area contributed by atoms with Crippen LogP contribution in [0.3, 0.4) is 0 Å². The first-order chi connectivity index (χ1) is 43.0. The average molecular weight is 1280 g/mol. The summed E-state index contributed by atoms with van der Waals surface area (Å²) in [5.41, 5.74) is -10.6. The molecule has 0 aliphatic rings. The predicted octanol–water partition coefficient (Wildman–Crippen LogP) is 23.4. The van der Waals surface area contributed by atoms with E-state index in [0.29, 0.717) is 17.5 Å². The minimum absolute atomic E-state index is 0.0363. The third-order valence-electron chi connectivity index (χ3n) is 16.5. The van der Waals surface area contributed by atoms with Gasteiger partial charge in [0, 0.05) is 27.1 Å². The van der Waals surface area contributed by atoms with E-state index < -0.39 is 87.1 Å². The van der Waals surface area contributed by atoms with Crippen molar-refractivity contribution in [3.05, 3.63) is 237 Å². The van der Waals surface area contributed by atoms with E-state index in [1.54, 1.807) is 12.1 Å². The van der Waals surface area contributed by atoms with Gasteiger partial charge in [0.25, 0.3) is 0 Å². The largest absolute Gasteiger partial charge is 0.417 e. The molecule has 0 aliphatic heterocycles. The minimum Gasteiger partial charge on any atom is -0.309 e. The van der Waals surface area contributed by atoms with Crippen LogP contribution in [0.2, 0.25) is 0 Å². The molecule has 0 fully saturated rings. The molecule has 466 valence electrons. The Hall–Kier alpha value is -9.97. The van der Waals surface area contributed by atoms with Gasteiger partial charge in [-0.15, -0.1) is 0 Å². The van der Waals surface area contributed by atoms with Crippen LogP contribution in [0.5, 0.6) is 0 Å². The van der Waals surface area contributed by atoms with Crippen molar-refractivity contribution < 1.29 is 79.0 Å². The molecule has 2 aromatic heterocycles. The molecular weight excluding hydrogens is 1240 g/mol. The Kier molecular flexibility index (Phi) is 14.6. The maximum absolute atomic E-state index is 15.9. The highest BCUT2D eigenvalue weighted by atomic mass is 19.4. The van der Waals surface area contributed by atoms with Gasteiger partial charge in [0.1, 0.15) is 6.07 Å². The molecule has 12 rings (SSSR count). The van der Waals surface area contributed by atoms with Crippen molar-refractivity contribution in [3.63, 3.8) is 0 Å². The van der Waals surface area contributed by atoms with Crippen molar-refractivity contribution in [3.8, 4) is 73.1 Å². The zero-order valence-electron chi connectivity index (χ0n) is 47.9. The lowest BCUT2D eigenvalue weighted by Crippen LogP contribution is -2.12. The topological polar surface area (TPSA) is 33.6 Å². The number of aryl methyl sites for hydroxylation is 4. The first-order valence-corrected chi connectivity index (χ1v) is 27.8. The molecule has 12 aromatic rings. The average Bonchev–Trinajstić information content (AvgIpc) is 1.50. The van der Waals surface area contributed by atoms with Crippen LogP contribution in [0.1, 0.15) is 61.2 Å². The molecule has 21 heteroatoms. The summed E-state index contributed by atoms with van der Waals surface area (Å²) in [5, 5.41) is 12.5. The van der Waals surface area contributed by atoms with Gasteiger partial charge in [0.05, 0.1) is 72.4 Å². The van der Waals surface area contributed by atoms with Crippen molar-refractivity contribution in [1.82, 2.24) is 9.13 Å². The summed E-state index contributed by atoms with van der Waals surface area (Å²) >= 11 is 0. The van der Waals surface area contributed by atoms with Gasteiger partial charge in [-0.3, -0.25) is 0 Å². The molecule has 92 heavy (non-hydrogen) atoms. The van der Waals surface area contributed by atoms with E-state index in [1.807, 2.05) is 0 Å². The maximum atomic E-state index is 15.9. The number of alkyl halides is 18. The van der Waals surface area contributed by atoms with Crippen molar-refractivity contribution in [2.45, 2.75) is 64.8 Å². The number of hydrogen-bond acceptors (Lipinski definition) is 1. The van der Waals surface area contributed by atoms with Crippen LogP contribution in [-0.4, -0.2) is 9.13 Å². The van der Waals surface area contributed by atoms with Gasteiger partial charge < -0.3 is 9.13 Å². The third-order valence-corrected chi connectivity index (χ3v) is 16.5. The first-order valence-electron chi connectivity index (χ1n) is 27.8. The summed E-state index contributed by atoms with van der Waals surface area (Å²) < 4.78 is 270. The highest BCUT2D eigenvalue weighted by molar-refractivity contribution is 6.14. The Bertz CT molecular complexity index is 5080. The molecule has 3 nitrogen and oxygen atoms in total.